The number of rotatable bonds is 2. The van der Waals surface area contributed by atoms with Crippen LogP contribution in [0.2, 0.25) is 0 Å². The maximum atomic E-state index is 4.38. The van der Waals surface area contributed by atoms with Gasteiger partial charge in [0, 0.05) is 11.9 Å². The smallest absolute Gasteiger partial charge is 0.130 e. The van der Waals surface area contributed by atoms with Gasteiger partial charge in [-0.25, -0.2) is 4.98 Å². The molecule has 2 heterocycles. The third-order valence-corrected chi connectivity index (χ3v) is 2.15. The zero-order valence-electron chi connectivity index (χ0n) is 8.86. The second kappa shape index (κ2) is 4.09. The Hall–Kier alpha value is -1.90. The van der Waals surface area contributed by atoms with Crippen molar-refractivity contribution in [3.05, 3.63) is 47.9 Å². The highest BCUT2D eigenvalue weighted by Gasteiger charge is 2.00. The van der Waals surface area contributed by atoms with Crippen molar-refractivity contribution < 1.29 is 0 Å². The molecular weight excluding hydrogens is 186 g/mol. The molecule has 0 radical (unpaired) electrons. The first-order chi connectivity index (χ1) is 7.25. The van der Waals surface area contributed by atoms with Crippen LogP contribution in [0.3, 0.4) is 0 Å². The summed E-state index contributed by atoms with van der Waals surface area (Å²) in [7, 11) is 0. The van der Waals surface area contributed by atoms with Crippen molar-refractivity contribution in [3.8, 4) is 0 Å². The summed E-state index contributed by atoms with van der Waals surface area (Å²) in [4.78, 5) is 8.58. The molecule has 3 heteroatoms. The molecule has 0 atom stereocenters. The fraction of sp³-hybridized carbons (Fsp3) is 0.167. The van der Waals surface area contributed by atoms with E-state index in [4.69, 9.17) is 0 Å². The van der Waals surface area contributed by atoms with Crippen LogP contribution in [0.1, 0.15) is 11.4 Å². The highest BCUT2D eigenvalue weighted by atomic mass is 15.0. The van der Waals surface area contributed by atoms with Crippen LogP contribution < -0.4 is 5.32 Å². The SMILES string of the molecule is Cc1ccc(Nc2ccccn2)c(C)n1. The van der Waals surface area contributed by atoms with Crippen molar-refractivity contribution in [3.63, 3.8) is 0 Å². The molecule has 0 aliphatic carbocycles. The lowest BCUT2D eigenvalue weighted by Gasteiger charge is -2.08. The largest absolute Gasteiger partial charge is 0.339 e. The van der Waals surface area contributed by atoms with Crippen LogP contribution in [-0.2, 0) is 0 Å². The third-order valence-electron chi connectivity index (χ3n) is 2.15. The van der Waals surface area contributed by atoms with Crippen LogP contribution in [0.15, 0.2) is 36.5 Å². The Kier molecular flexibility index (Phi) is 2.63. The molecule has 0 fully saturated rings. The molecule has 76 valence electrons. The van der Waals surface area contributed by atoms with Gasteiger partial charge >= 0.3 is 0 Å². The molecule has 0 aliphatic rings. The second-order valence-electron chi connectivity index (χ2n) is 3.43. The van der Waals surface area contributed by atoms with Crippen molar-refractivity contribution in [2.45, 2.75) is 13.8 Å². The van der Waals surface area contributed by atoms with Crippen LogP contribution in [-0.4, -0.2) is 9.97 Å². The molecule has 0 aromatic carbocycles. The zero-order valence-corrected chi connectivity index (χ0v) is 8.86. The summed E-state index contributed by atoms with van der Waals surface area (Å²) in [5.74, 6) is 0.839. The Balaban J connectivity index is 2.25. The quantitative estimate of drug-likeness (QED) is 0.808. The van der Waals surface area contributed by atoms with Crippen molar-refractivity contribution in [1.82, 2.24) is 9.97 Å². The fourth-order valence-corrected chi connectivity index (χ4v) is 1.39. The van der Waals surface area contributed by atoms with Gasteiger partial charge in [0.05, 0.1) is 11.4 Å². The molecule has 1 N–H and O–H groups in total. The average molecular weight is 199 g/mol. The van der Waals surface area contributed by atoms with E-state index in [1.807, 2.05) is 44.2 Å². The van der Waals surface area contributed by atoms with E-state index in [0.29, 0.717) is 0 Å². The summed E-state index contributed by atoms with van der Waals surface area (Å²) in [6.45, 7) is 3.97. The molecule has 0 bridgehead atoms. The van der Waals surface area contributed by atoms with E-state index in [1.165, 1.54) is 0 Å². The van der Waals surface area contributed by atoms with Crippen LogP contribution in [0.5, 0.6) is 0 Å². The van der Waals surface area contributed by atoms with Crippen LogP contribution in [0.4, 0.5) is 11.5 Å². The van der Waals surface area contributed by atoms with Gasteiger partial charge in [0.1, 0.15) is 5.82 Å². The van der Waals surface area contributed by atoms with E-state index >= 15 is 0 Å². The molecule has 3 nitrogen and oxygen atoms in total. The van der Waals surface area contributed by atoms with E-state index in [0.717, 1.165) is 22.9 Å². The Morgan fingerprint density at radius 2 is 1.93 bits per heavy atom. The number of nitrogens with one attached hydrogen (secondary N) is 1. The fourth-order valence-electron chi connectivity index (χ4n) is 1.39. The molecular formula is C12H13N3. The van der Waals surface area contributed by atoms with Gasteiger partial charge in [0.25, 0.3) is 0 Å². The lowest BCUT2D eigenvalue weighted by Crippen LogP contribution is -1.97. The number of anilines is 2. The van der Waals surface area contributed by atoms with Gasteiger partial charge in [-0.3, -0.25) is 4.98 Å². The first kappa shape index (κ1) is 9.65. The molecule has 0 unspecified atom stereocenters. The average Bonchev–Trinajstić information content (AvgIpc) is 2.24. The van der Waals surface area contributed by atoms with Crippen molar-refractivity contribution >= 4 is 11.5 Å². The zero-order chi connectivity index (χ0) is 10.7. The number of pyridine rings is 2. The molecule has 0 saturated heterocycles. The lowest BCUT2D eigenvalue weighted by molar-refractivity contribution is 1.12. The third kappa shape index (κ3) is 2.31. The summed E-state index contributed by atoms with van der Waals surface area (Å²) in [5.41, 5.74) is 3.01. The number of hydrogen-bond acceptors (Lipinski definition) is 3. The maximum Gasteiger partial charge on any atom is 0.130 e. The highest BCUT2D eigenvalue weighted by Crippen LogP contribution is 2.17. The van der Waals surface area contributed by atoms with Gasteiger partial charge in [-0.2, -0.15) is 0 Å². The molecule has 15 heavy (non-hydrogen) atoms. The second-order valence-corrected chi connectivity index (χ2v) is 3.43. The minimum Gasteiger partial charge on any atom is -0.339 e. The van der Waals surface area contributed by atoms with Gasteiger partial charge in [0.15, 0.2) is 0 Å². The first-order valence-electron chi connectivity index (χ1n) is 4.88. The van der Waals surface area contributed by atoms with Crippen LogP contribution >= 0.6 is 0 Å². The molecule has 0 saturated carbocycles. The van der Waals surface area contributed by atoms with Gasteiger partial charge in [-0.1, -0.05) is 6.07 Å². The van der Waals surface area contributed by atoms with E-state index in [9.17, 15) is 0 Å². The number of hydrogen-bond donors (Lipinski definition) is 1. The summed E-state index contributed by atoms with van der Waals surface area (Å²) in [6, 6.07) is 9.78. The Labute approximate surface area is 89.2 Å². The van der Waals surface area contributed by atoms with Crippen LogP contribution in [0, 0.1) is 13.8 Å². The van der Waals surface area contributed by atoms with E-state index in [1.54, 1.807) is 6.20 Å². The standard InChI is InChI=1S/C12H13N3/c1-9-6-7-11(10(2)14-9)15-12-5-3-4-8-13-12/h3-8H,1-2H3,(H,13,15). The monoisotopic (exact) mass is 199 g/mol. The molecule has 2 rings (SSSR count). The predicted molar refractivity (Wildman–Crippen MR) is 61.2 cm³/mol. The molecule has 0 amide bonds. The predicted octanol–water partition coefficient (Wildman–Crippen LogP) is 2.84. The first-order valence-corrected chi connectivity index (χ1v) is 4.88. The van der Waals surface area contributed by atoms with Gasteiger partial charge in [-0.05, 0) is 38.1 Å². The summed E-state index contributed by atoms with van der Waals surface area (Å²) in [6.07, 6.45) is 1.76. The number of aryl methyl sites for hydroxylation is 2. The summed E-state index contributed by atoms with van der Waals surface area (Å²) in [5, 5.41) is 3.23. The van der Waals surface area contributed by atoms with E-state index in [2.05, 4.69) is 15.3 Å². The minimum atomic E-state index is 0.839. The van der Waals surface area contributed by atoms with Crippen molar-refractivity contribution in [2.75, 3.05) is 5.32 Å². The summed E-state index contributed by atoms with van der Waals surface area (Å²) >= 11 is 0. The molecule has 2 aromatic heterocycles. The Bertz CT molecular complexity index is 452. The summed E-state index contributed by atoms with van der Waals surface area (Å²) < 4.78 is 0. The topological polar surface area (TPSA) is 37.8 Å². The Morgan fingerprint density at radius 3 is 2.60 bits per heavy atom. The minimum absolute atomic E-state index is 0.839. The normalized spacial score (nSPS) is 10.0. The van der Waals surface area contributed by atoms with Crippen LogP contribution in [0.25, 0.3) is 0 Å². The Morgan fingerprint density at radius 1 is 1.07 bits per heavy atom. The molecule has 0 aliphatic heterocycles. The maximum absolute atomic E-state index is 4.38. The van der Waals surface area contributed by atoms with Crippen molar-refractivity contribution in [2.24, 2.45) is 0 Å². The number of aromatic nitrogens is 2. The molecule has 0 spiro atoms. The van der Waals surface area contributed by atoms with Gasteiger partial charge in [-0.15, -0.1) is 0 Å². The lowest BCUT2D eigenvalue weighted by atomic mass is 10.2. The molecule has 2 aromatic rings. The van der Waals surface area contributed by atoms with Crippen molar-refractivity contribution in [1.29, 1.82) is 0 Å². The van der Waals surface area contributed by atoms with Gasteiger partial charge < -0.3 is 5.32 Å². The van der Waals surface area contributed by atoms with E-state index in [-0.39, 0.29) is 0 Å². The highest BCUT2D eigenvalue weighted by molar-refractivity contribution is 5.58. The van der Waals surface area contributed by atoms with E-state index < -0.39 is 0 Å². The van der Waals surface area contributed by atoms with Gasteiger partial charge in [0.2, 0.25) is 0 Å². The number of nitrogens with zero attached hydrogens (tertiary/aromatic N) is 2.